The summed E-state index contributed by atoms with van der Waals surface area (Å²) in [4.78, 5) is 17.8. The highest BCUT2D eigenvalue weighted by Crippen LogP contribution is 2.29. The molecule has 112 valence electrons. The Labute approximate surface area is 127 Å². The van der Waals surface area contributed by atoms with Crippen LogP contribution in [0.1, 0.15) is 26.5 Å². The van der Waals surface area contributed by atoms with Crippen LogP contribution in [0.25, 0.3) is 0 Å². The molecule has 0 aliphatic carbocycles. The molecule has 0 fully saturated rings. The van der Waals surface area contributed by atoms with E-state index >= 15 is 0 Å². The number of nitrogens with one attached hydrogen (secondary N) is 1. The first-order valence-electron chi connectivity index (χ1n) is 6.44. The van der Waals surface area contributed by atoms with Gasteiger partial charge in [-0.25, -0.2) is 4.98 Å². The van der Waals surface area contributed by atoms with Crippen LogP contribution < -0.4 is 14.8 Å². The van der Waals surface area contributed by atoms with Crippen molar-refractivity contribution in [1.29, 1.82) is 0 Å². The summed E-state index contributed by atoms with van der Waals surface area (Å²) in [7, 11) is 3.11. The standard InChI is InChI=1S/C15H18N2O3S/c1-8-6-13(20-5)11(7-12(8)19-4)14(18)17-15-16-9(2)10(3)21-15/h6-7H,1-5H3,(H,16,17,18). The number of ether oxygens (including phenoxy) is 2. The maximum absolute atomic E-state index is 12.4. The third kappa shape index (κ3) is 3.16. The Hall–Kier alpha value is -2.08. The number of aromatic nitrogens is 1. The highest BCUT2D eigenvalue weighted by Gasteiger charge is 2.17. The summed E-state index contributed by atoms with van der Waals surface area (Å²) >= 11 is 1.45. The van der Waals surface area contributed by atoms with E-state index in [1.165, 1.54) is 18.4 Å². The van der Waals surface area contributed by atoms with Crippen LogP contribution in [-0.4, -0.2) is 25.1 Å². The Bertz CT molecular complexity index is 660. The molecule has 2 rings (SSSR count). The van der Waals surface area contributed by atoms with E-state index in [0.29, 0.717) is 22.2 Å². The van der Waals surface area contributed by atoms with Gasteiger partial charge in [-0.15, -0.1) is 11.3 Å². The summed E-state index contributed by atoms with van der Waals surface area (Å²) < 4.78 is 10.5. The number of carbonyl (C=O) groups is 1. The molecule has 5 nitrogen and oxygen atoms in total. The van der Waals surface area contributed by atoms with Gasteiger partial charge in [-0.05, 0) is 38.5 Å². The zero-order chi connectivity index (χ0) is 15.6. The molecule has 21 heavy (non-hydrogen) atoms. The minimum atomic E-state index is -0.265. The molecule has 1 amide bonds. The van der Waals surface area contributed by atoms with Gasteiger partial charge in [-0.1, -0.05) is 0 Å². The summed E-state index contributed by atoms with van der Waals surface area (Å²) in [5.74, 6) is 0.891. The fourth-order valence-electron chi connectivity index (χ4n) is 1.92. The molecule has 0 spiro atoms. The zero-order valence-electron chi connectivity index (χ0n) is 12.7. The third-order valence-electron chi connectivity index (χ3n) is 3.21. The SMILES string of the molecule is COc1cc(C(=O)Nc2nc(C)c(C)s2)c(OC)cc1C. The van der Waals surface area contributed by atoms with Gasteiger partial charge in [0.25, 0.3) is 5.91 Å². The number of benzene rings is 1. The maximum atomic E-state index is 12.4. The van der Waals surface area contributed by atoms with Gasteiger partial charge in [-0.2, -0.15) is 0 Å². The van der Waals surface area contributed by atoms with Crippen LogP contribution in [0.4, 0.5) is 5.13 Å². The lowest BCUT2D eigenvalue weighted by atomic mass is 10.1. The monoisotopic (exact) mass is 306 g/mol. The molecular formula is C15H18N2O3S. The Kier molecular flexibility index (Phi) is 4.47. The van der Waals surface area contributed by atoms with Gasteiger partial charge < -0.3 is 9.47 Å². The molecule has 1 heterocycles. The number of amides is 1. The molecule has 0 saturated heterocycles. The highest BCUT2D eigenvalue weighted by molar-refractivity contribution is 7.15. The highest BCUT2D eigenvalue weighted by atomic mass is 32.1. The second-order valence-corrected chi connectivity index (χ2v) is 5.84. The van der Waals surface area contributed by atoms with Crippen molar-refractivity contribution >= 4 is 22.4 Å². The summed E-state index contributed by atoms with van der Waals surface area (Å²) in [5.41, 5.74) is 2.25. The number of anilines is 1. The predicted molar refractivity (Wildman–Crippen MR) is 83.8 cm³/mol. The van der Waals surface area contributed by atoms with Gasteiger partial charge in [0.1, 0.15) is 11.5 Å². The second-order valence-electron chi connectivity index (χ2n) is 4.64. The first-order chi connectivity index (χ1) is 9.96. The van der Waals surface area contributed by atoms with Gasteiger partial charge in [0.05, 0.1) is 25.5 Å². The predicted octanol–water partition coefficient (Wildman–Crippen LogP) is 3.34. The summed E-state index contributed by atoms with van der Waals surface area (Å²) in [5, 5.41) is 3.38. The number of aryl methyl sites for hydroxylation is 3. The Morgan fingerprint density at radius 3 is 2.33 bits per heavy atom. The lowest BCUT2D eigenvalue weighted by Crippen LogP contribution is -2.13. The van der Waals surface area contributed by atoms with Crippen LogP contribution in [-0.2, 0) is 0 Å². The number of hydrogen-bond acceptors (Lipinski definition) is 5. The lowest BCUT2D eigenvalue weighted by molar-refractivity contribution is 0.102. The Morgan fingerprint density at radius 1 is 1.14 bits per heavy atom. The molecule has 1 N–H and O–H groups in total. The van der Waals surface area contributed by atoms with Gasteiger partial charge in [0.2, 0.25) is 0 Å². The quantitative estimate of drug-likeness (QED) is 0.941. The number of thiazole rings is 1. The number of rotatable bonds is 4. The van der Waals surface area contributed by atoms with Crippen molar-refractivity contribution < 1.29 is 14.3 Å². The van der Waals surface area contributed by atoms with Crippen molar-refractivity contribution in [2.24, 2.45) is 0 Å². The maximum Gasteiger partial charge on any atom is 0.261 e. The minimum Gasteiger partial charge on any atom is -0.496 e. The summed E-state index contributed by atoms with van der Waals surface area (Å²) in [6, 6.07) is 3.46. The second kappa shape index (κ2) is 6.13. The topological polar surface area (TPSA) is 60.5 Å². The van der Waals surface area contributed by atoms with Crippen molar-refractivity contribution in [2.45, 2.75) is 20.8 Å². The zero-order valence-corrected chi connectivity index (χ0v) is 13.6. The molecule has 6 heteroatoms. The molecule has 0 radical (unpaired) electrons. The van der Waals surface area contributed by atoms with Crippen molar-refractivity contribution in [3.63, 3.8) is 0 Å². The summed E-state index contributed by atoms with van der Waals surface area (Å²) in [6.45, 7) is 5.78. The fourth-order valence-corrected chi connectivity index (χ4v) is 2.73. The number of nitrogens with zero attached hydrogens (tertiary/aromatic N) is 1. The molecule has 0 atom stereocenters. The van der Waals surface area contributed by atoms with Gasteiger partial charge in [-0.3, -0.25) is 10.1 Å². The first-order valence-corrected chi connectivity index (χ1v) is 7.26. The van der Waals surface area contributed by atoms with E-state index in [4.69, 9.17) is 9.47 Å². The number of hydrogen-bond donors (Lipinski definition) is 1. The molecule has 0 aliphatic heterocycles. The Morgan fingerprint density at radius 2 is 1.81 bits per heavy atom. The Balaban J connectivity index is 2.33. The van der Waals surface area contributed by atoms with E-state index in [2.05, 4.69) is 10.3 Å². The van der Waals surface area contributed by atoms with Gasteiger partial charge in [0.15, 0.2) is 5.13 Å². The number of methoxy groups -OCH3 is 2. The van der Waals surface area contributed by atoms with Crippen molar-refractivity contribution in [3.05, 3.63) is 33.8 Å². The third-order valence-corrected chi connectivity index (χ3v) is 4.20. The largest absolute Gasteiger partial charge is 0.496 e. The van der Waals surface area contributed by atoms with Crippen LogP contribution in [0, 0.1) is 20.8 Å². The lowest BCUT2D eigenvalue weighted by Gasteiger charge is -2.12. The van der Waals surface area contributed by atoms with Crippen LogP contribution in [0.2, 0.25) is 0 Å². The molecule has 0 bridgehead atoms. The fraction of sp³-hybridized carbons (Fsp3) is 0.333. The van der Waals surface area contributed by atoms with Crippen LogP contribution in [0.5, 0.6) is 11.5 Å². The van der Waals surface area contributed by atoms with Gasteiger partial charge in [0, 0.05) is 4.88 Å². The van der Waals surface area contributed by atoms with Gasteiger partial charge >= 0.3 is 0 Å². The molecule has 0 unspecified atom stereocenters. The smallest absolute Gasteiger partial charge is 0.261 e. The molecular weight excluding hydrogens is 288 g/mol. The van der Waals surface area contributed by atoms with Crippen molar-refractivity contribution in [2.75, 3.05) is 19.5 Å². The van der Waals surface area contributed by atoms with Crippen molar-refractivity contribution in [1.82, 2.24) is 4.98 Å². The molecule has 0 saturated carbocycles. The molecule has 0 aliphatic rings. The average molecular weight is 306 g/mol. The van der Waals surface area contributed by atoms with E-state index in [1.54, 1.807) is 19.2 Å². The van der Waals surface area contributed by atoms with E-state index in [9.17, 15) is 4.79 Å². The van der Waals surface area contributed by atoms with Crippen molar-refractivity contribution in [3.8, 4) is 11.5 Å². The van der Waals surface area contributed by atoms with E-state index in [-0.39, 0.29) is 5.91 Å². The molecule has 2 aromatic rings. The van der Waals surface area contributed by atoms with Crippen LogP contribution in [0.15, 0.2) is 12.1 Å². The minimum absolute atomic E-state index is 0.265. The van der Waals surface area contributed by atoms with Crippen LogP contribution in [0.3, 0.4) is 0 Å². The first kappa shape index (κ1) is 15.3. The van der Waals surface area contributed by atoms with E-state index in [1.807, 2.05) is 20.8 Å². The molecule has 1 aromatic heterocycles. The molecule has 1 aromatic carbocycles. The van der Waals surface area contributed by atoms with E-state index in [0.717, 1.165) is 16.1 Å². The number of carbonyl (C=O) groups excluding carboxylic acids is 1. The summed E-state index contributed by atoms with van der Waals surface area (Å²) in [6.07, 6.45) is 0. The van der Waals surface area contributed by atoms with Crippen LogP contribution >= 0.6 is 11.3 Å². The van der Waals surface area contributed by atoms with E-state index < -0.39 is 0 Å². The average Bonchev–Trinajstić information content (AvgIpc) is 2.76. The normalized spacial score (nSPS) is 10.3.